The third-order valence-electron chi connectivity index (χ3n) is 4.37. The molecule has 2 rings (SSSR count). The highest BCUT2D eigenvalue weighted by Crippen LogP contribution is 2.34. The van der Waals surface area contributed by atoms with Gasteiger partial charge in [-0.3, -0.25) is 10.1 Å². The largest absolute Gasteiger partial charge is 0.321 e. The lowest BCUT2D eigenvalue weighted by molar-refractivity contribution is -0.131. The van der Waals surface area contributed by atoms with Crippen molar-refractivity contribution >= 4 is 17.2 Å². The molecule has 1 amide bonds. The van der Waals surface area contributed by atoms with Gasteiger partial charge in [0.25, 0.3) is 0 Å². The summed E-state index contributed by atoms with van der Waals surface area (Å²) in [5.74, 6) is 0.754. The molecule has 1 fully saturated rings. The average molecular weight is 280 g/mol. The van der Waals surface area contributed by atoms with E-state index in [4.69, 9.17) is 0 Å². The van der Waals surface area contributed by atoms with Crippen LogP contribution in [0.1, 0.15) is 46.3 Å². The van der Waals surface area contributed by atoms with Crippen molar-refractivity contribution in [2.45, 2.75) is 46.8 Å². The summed E-state index contributed by atoms with van der Waals surface area (Å²) >= 11 is 1.68. The summed E-state index contributed by atoms with van der Waals surface area (Å²) < 4.78 is 0. The highest BCUT2D eigenvalue weighted by molar-refractivity contribution is 7.07. The summed E-state index contributed by atoms with van der Waals surface area (Å²) in [6, 6.07) is 2.01. The van der Waals surface area contributed by atoms with Crippen LogP contribution < -0.4 is 5.32 Å². The quantitative estimate of drug-likeness (QED) is 0.918. The zero-order valence-electron chi connectivity index (χ0n) is 12.4. The molecule has 1 aromatic heterocycles. The van der Waals surface area contributed by atoms with Crippen molar-refractivity contribution in [3.8, 4) is 0 Å². The summed E-state index contributed by atoms with van der Waals surface area (Å²) in [4.78, 5) is 14.4. The van der Waals surface area contributed by atoms with E-state index in [1.54, 1.807) is 11.3 Å². The van der Waals surface area contributed by atoms with Gasteiger partial charge in [0.1, 0.15) is 6.17 Å². The smallest absolute Gasteiger partial charge is 0.241 e. The van der Waals surface area contributed by atoms with E-state index in [1.807, 2.05) is 11.8 Å². The topological polar surface area (TPSA) is 32.3 Å². The van der Waals surface area contributed by atoms with Crippen LogP contribution in [0, 0.1) is 11.3 Å². The molecular formula is C15H24N2OS. The van der Waals surface area contributed by atoms with E-state index in [-0.39, 0.29) is 23.5 Å². The molecule has 0 aromatic carbocycles. The number of nitrogens with zero attached hydrogens (tertiary/aromatic N) is 1. The predicted octanol–water partition coefficient (Wildman–Crippen LogP) is 3.25. The van der Waals surface area contributed by atoms with Gasteiger partial charge in [-0.15, -0.1) is 0 Å². The standard InChI is InChI=1S/C15H24N2OS/c1-10(2)15(4,5)9-17-13(12-6-7-19-8-12)16-11(3)14(17)18/h6-8,10-11,13,16H,9H2,1-5H3. The Bertz CT molecular complexity index is 439. The van der Waals surface area contributed by atoms with Crippen molar-refractivity contribution in [1.82, 2.24) is 10.2 Å². The Morgan fingerprint density at radius 1 is 1.47 bits per heavy atom. The minimum atomic E-state index is -0.0899. The Morgan fingerprint density at radius 2 is 2.16 bits per heavy atom. The zero-order chi connectivity index (χ0) is 14.2. The number of nitrogens with one attached hydrogen (secondary N) is 1. The summed E-state index contributed by atoms with van der Waals surface area (Å²) in [6.07, 6.45) is 0.0341. The fourth-order valence-electron chi connectivity index (χ4n) is 2.27. The third-order valence-corrected chi connectivity index (χ3v) is 5.07. The Morgan fingerprint density at radius 3 is 2.68 bits per heavy atom. The number of hydrogen-bond donors (Lipinski definition) is 1. The number of hydrogen-bond acceptors (Lipinski definition) is 3. The molecule has 0 bridgehead atoms. The third kappa shape index (κ3) is 2.84. The maximum atomic E-state index is 12.4. The summed E-state index contributed by atoms with van der Waals surface area (Å²) in [6.45, 7) is 11.6. The van der Waals surface area contributed by atoms with Gasteiger partial charge in [0.2, 0.25) is 5.91 Å². The summed E-state index contributed by atoms with van der Waals surface area (Å²) in [7, 11) is 0. The molecule has 1 aliphatic heterocycles. The Kier molecular flexibility index (Phi) is 4.02. The van der Waals surface area contributed by atoms with Crippen molar-refractivity contribution in [2.24, 2.45) is 11.3 Å². The molecule has 0 saturated carbocycles. The molecule has 4 heteroatoms. The van der Waals surface area contributed by atoms with Gasteiger partial charge in [-0.25, -0.2) is 0 Å². The van der Waals surface area contributed by atoms with Crippen LogP contribution >= 0.6 is 11.3 Å². The summed E-state index contributed by atoms with van der Waals surface area (Å²) in [5, 5.41) is 7.59. The monoisotopic (exact) mass is 280 g/mol. The van der Waals surface area contributed by atoms with Crippen LogP contribution in [0.3, 0.4) is 0 Å². The van der Waals surface area contributed by atoms with E-state index in [0.717, 1.165) is 6.54 Å². The van der Waals surface area contributed by atoms with Crippen LogP contribution in [-0.4, -0.2) is 23.4 Å². The molecule has 3 nitrogen and oxygen atoms in total. The van der Waals surface area contributed by atoms with Crippen LogP contribution in [0.2, 0.25) is 0 Å². The zero-order valence-corrected chi connectivity index (χ0v) is 13.3. The normalized spacial score (nSPS) is 24.5. The van der Waals surface area contributed by atoms with Gasteiger partial charge in [0, 0.05) is 6.54 Å². The van der Waals surface area contributed by atoms with Crippen molar-refractivity contribution in [3.63, 3.8) is 0 Å². The molecular weight excluding hydrogens is 256 g/mol. The second kappa shape index (κ2) is 5.25. The molecule has 2 atom stereocenters. The first-order valence-corrected chi connectivity index (χ1v) is 7.86. The Labute approximate surface area is 120 Å². The highest BCUT2D eigenvalue weighted by Gasteiger charge is 2.40. The van der Waals surface area contributed by atoms with Gasteiger partial charge in [0.15, 0.2) is 0 Å². The fourth-order valence-corrected chi connectivity index (χ4v) is 2.95. The van der Waals surface area contributed by atoms with Crippen molar-refractivity contribution in [3.05, 3.63) is 22.4 Å². The average Bonchev–Trinajstić information content (AvgIpc) is 2.92. The SMILES string of the molecule is CC1NC(c2ccsc2)N(CC(C)(C)C(C)C)C1=O. The second-order valence-electron chi connectivity index (χ2n) is 6.46. The Hall–Kier alpha value is -0.870. The maximum absolute atomic E-state index is 12.4. The number of thiophene rings is 1. The minimum absolute atomic E-state index is 0.0341. The first-order valence-electron chi connectivity index (χ1n) is 6.91. The number of carbonyl (C=O) groups is 1. The van der Waals surface area contributed by atoms with Gasteiger partial charge >= 0.3 is 0 Å². The second-order valence-corrected chi connectivity index (χ2v) is 7.24. The van der Waals surface area contributed by atoms with Gasteiger partial charge in [-0.2, -0.15) is 11.3 Å². The van der Waals surface area contributed by atoms with Crippen molar-refractivity contribution in [2.75, 3.05) is 6.54 Å². The number of carbonyl (C=O) groups excluding carboxylic acids is 1. The lowest BCUT2D eigenvalue weighted by atomic mass is 9.80. The van der Waals surface area contributed by atoms with Gasteiger partial charge in [-0.1, -0.05) is 27.7 Å². The predicted molar refractivity (Wildman–Crippen MR) is 80.0 cm³/mol. The molecule has 1 saturated heterocycles. The van der Waals surface area contributed by atoms with Crippen molar-refractivity contribution < 1.29 is 4.79 Å². The molecule has 0 aliphatic carbocycles. The minimum Gasteiger partial charge on any atom is -0.321 e. The molecule has 1 aliphatic rings. The fraction of sp³-hybridized carbons (Fsp3) is 0.667. The van der Waals surface area contributed by atoms with Crippen LogP contribution in [0.5, 0.6) is 0 Å². The van der Waals surface area contributed by atoms with E-state index >= 15 is 0 Å². The van der Waals surface area contributed by atoms with Gasteiger partial charge in [0.05, 0.1) is 6.04 Å². The van der Waals surface area contributed by atoms with E-state index < -0.39 is 0 Å². The molecule has 2 heterocycles. The number of rotatable bonds is 4. The van der Waals surface area contributed by atoms with Gasteiger partial charge < -0.3 is 4.90 Å². The Balaban J connectivity index is 2.22. The van der Waals surface area contributed by atoms with E-state index in [2.05, 4.69) is 49.8 Å². The van der Waals surface area contributed by atoms with Crippen molar-refractivity contribution in [1.29, 1.82) is 0 Å². The molecule has 1 aromatic rings. The van der Waals surface area contributed by atoms with E-state index in [9.17, 15) is 4.79 Å². The first-order chi connectivity index (χ1) is 8.83. The van der Waals surface area contributed by atoms with Crippen LogP contribution in [0.4, 0.5) is 0 Å². The van der Waals surface area contributed by atoms with Gasteiger partial charge in [-0.05, 0) is 40.6 Å². The van der Waals surface area contributed by atoms with Crippen LogP contribution in [0.25, 0.3) is 0 Å². The lowest BCUT2D eigenvalue weighted by Crippen LogP contribution is -2.40. The number of amides is 1. The molecule has 0 spiro atoms. The lowest BCUT2D eigenvalue weighted by Gasteiger charge is -2.36. The summed E-state index contributed by atoms with van der Waals surface area (Å²) in [5.41, 5.74) is 1.32. The molecule has 19 heavy (non-hydrogen) atoms. The molecule has 1 N–H and O–H groups in total. The molecule has 106 valence electrons. The maximum Gasteiger partial charge on any atom is 0.241 e. The van der Waals surface area contributed by atoms with E-state index in [1.165, 1.54) is 5.56 Å². The first kappa shape index (κ1) is 14.5. The molecule has 2 unspecified atom stereocenters. The highest BCUT2D eigenvalue weighted by atomic mass is 32.1. The van der Waals surface area contributed by atoms with Crippen LogP contribution in [0.15, 0.2) is 16.8 Å². The van der Waals surface area contributed by atoms with Crippen LogP contribution in [-0.2, 0) is 4.79 Å². The van der Waals surface area contributed by atoms with E-state index in [0.29, 0.717) is 5.92 Å². The molecule has 0 radical (unpaired) electrons.